The number of carbonyl (C=O) groups is 2. The lowest BCUT2D eigenvalue weighted by Crippen LogP contribution is -2.53. The molecule has 2 amide bonds. The number of aromatic nitrogens is 1. The van der Waals surface area contributed by atoms with Crippen molar-refractivity contribution in [1.82, 2.24) is 9.88 Å². The Bertz CT molecular complexity index is 768. The monoisotopic (exact) mass is 347 g/mol. The fraction of sp³-hybridized carbons (Fsp3) is 0.188. The maximum Gasteiger partial charge on any atom is 0.246 e. The summed E-state index contributed by atoms with van der Waals surface area (Å²) in [6, 6.07) is 7.39. The SMILES string of the molecule is C=CC(=O)N1CC(C(=O)Nc2nc(-c3cccc(Cl)c3)cs2)C1. The summed E-state index contributed by atoms with van der Waals surface area (Å²) in [4.78, 5) is 29.5. The predicted octanol–water partition coefficient (Wildman–Crippen LogP) is 3.05. The van der Waals surface area contributed by atoms with Gasteiger partial charge in [0.15, 0.2) is 5.13 Å². The second-order valence-electron chi connectivity index (χ2n) is 5.18. The van der Waals surface area contributed by atoms with Gasteiger partial charge in [-0.05, 0) is 18.2 Å². The molecule has 1 aliphatic heterocycles. The first-order valence-electron chi connectivity index (χ1n) is 7.00. The zero-order valence-electron chi connectivity index (χ0n) is 12.2. The van der Waals surface area contributed by atoms with Crippen molar-refractivity contribution in [1.29, 1.82) is 0 Å². The van der Waals surface area contributed by atoms with Gasteiger partial charge in [0.2, 0.25) is 11.8 Å². The number of likely N-dealkylation sites (tertiary alicyclic amines) is 1. The van der Waals surface area contributed by atoms with Crippen molar-refractivity contribution < 1.29 is 9.59 Å². The third-order valence-electron chi connectivity index (χ3n) is 3.59. The van der Waals surface area contributed by atoms with E-state index >= 15 is 0 Å². The Labute approximate surface area is 142 Å². The second-order valence-corrected chi connectivity index (χ2v) is 6.48. The number of anilines is 1. The number of rotatable bonds is 4. The molecular weight excluding hydrogens is 334 g/mol. The average Bonchev–Trinajstić information content (AvgIpc) is 2.94. The summed E-state index contributed by atoms with van der Waals surface area (Å²) >= 11 is 7.33. The van der Waals surface area contributed by atoms with Crippen LogP contribution in [0.2, 0.25) is 5.02 Å². The van der Waals surface area contributed by atoms with E-state index in [1.165, 1.54) is 17.4 Å². The number of thiazole rings is 1. The van der Waals surface area contributed by atoms with Crippen molar-refractivity contribution in [3.63, 3.8) is 0 Å². The van der Waals surface area contributed by atoms with Crippen LogP contribution in [0.25, 0.3) is 11.3 Å². The number of carbonyl (C=O) groups excluding carboxylic acids is 2. The van der Waals surface area contributed by atoms with E-state index in [2.05, 4.69) is 16.9 Å². The molecule has 0 spiro atoms. The minimum absolute atomic E-state index is 0.120. The van der Waals surface area contributed by atoms with Crippen LogP contribution in [-0.2, 0) is 9.59 Å². The quantitative estimate of drug-likeness (QED) is 0.865. The minimum Gasteiger partial charge on any atom is -0.337 e. The highest BCUT2D eigenvalue weighted by molar-refractivity contribution is 7.14. The number of nitrogens with zero attached hydrogens (tertiary/aromatic N) is 2. The second kappa shape index (κ2) is 6.52. The number of hydrogen-bond donors (Lipinski definition) is 1. The van der Waals surface area contributed by atoms with Gasteiger partial charge in [-0.15, -0.1) is 11.3 Å². The maximum absolute atomic E-state index is 12.1. The van der Waals surface area contributed by atoms with Gasteiger partial charge in [0.05, 0.1) is 11.6 Å². The third kappa shape index (κ3) is 3.43. The Kier molecular flexibility index (Phi) is 4.45. The van der Waals surface area contributed by atoms with Crippen LogP contribution in [0.3, 0.4) is 0 Å². The predicted molar refractivity (Wildman–Crippen MR) is 91.5 cm³/mol. The summed E-state index contributed by atoms with van der Waals surface area (Å²) in [6.07, 6.45) is 1.26. The molecule has 0 bridgehead atoms. The van der Waals surface area contributed by atoms with E-state index in [-0.39, 0.29) is 17.7 Å². The van der Waals surface area contributed by atoms with E-state index < -0.39 is 0 Å². The highest BCUT2D eigenvalue weighted by Crippen LogP contribution is 2.27. The molecule has 1 aromatic carbocycles. The first-order valence-corrected chi connectivity index (χ1v) is 8.26. The highest BCUT2D eigenvalue weighted by atomic mass is 35.5. The first kappa shape index (κ1) is 15.7. The smallest absolute Gasteiger partial charge is 0.246 e. The molecular formula is C16H14ClN3O2S. The van der Waals surface area contributed by atoms with Gasteiger partial charge in [-0.1, -0.05) is 30.3 Å². The van der Waals surface area contributed by atoms with Crippen LogP contribution in [0, 0.1) is 5.92 Å². The van der Waals surface area contributed by atoms with E-state index in [0.717, 1.165) is 11.3 Å². The Morgan fingerprint density at radius 3 is 2.91 bits per heavy atom. The Morgan fingerprint density at radius 2 is 2.22 bits per heavy atom. The van der Waals surface area contributed by atoms with Crippen LogP contribution in [0.15, 0.2) is 42.3 Å². The molecule has 0 aliphatic carbocycles. The van der Waals surface area contributed by atoms with Gasteiger partial charge in [-0.3, -0.25) is 9.59 Å². The van der Waals surface area contributed by atoms with Crippen LogP contribution in [-0.4, -0.2) is 34.8 Å². The van der Waals surface area contributed by atoms with Gasteiger partial charge < -0.3 is 10.2 Å². The molecule has 0 saturated carbocycles. The molecule has 3 rings (SSSR count). The van der Waals surface area contributed by atoms with Gasteiger partial charge in [0.25, 0.3) is 0 Å². The van der Waals surface area contributed by atoms with Gasteiger partial charge in [0, 0.05) is 29.1 Å². The molecule has 1 N–H and O–H groups in total. The Hall–Kier alpha value is -2.18. The van der Waals surface area contributed by atoms with E-state index in [0.29, 0.717) is 23.2 Å². The molecule has 0 unspecified atom stereocenters. The Balaban J connectivity index is 1.60. The van der Waals surface area contributed by atoms with E-state index in [1.807, 2.05) is 23.6 Å². The summed E-state index contributed by atoms with van der Waals surface area (Å²) in [5, 5.41) is 5.85. The lowest BCUT2D eigenvalue weighted by Gasteiger charge is -2.37. The zero-order valence-corrected chi connectivity index (χ0v) is 13.7. The normalized spacial score (nSPS) is 14.2. The van der Waals surface area contributed by atoms with E-state index in [9.17, 15) is 9.59 Å². The van der Waals surface area contributed by atoms with Crippen molar-refractivity contribution in [3.05, 3.63) is 47.3 Å². The van der Waals surface area contributed by atoms with Crippen molar-refractivity contribution in [2.75, 3.05) is 18.4 Å². The van der Waals surface area contributed by atoms with Crippen LogP contribution >= 0.6 is 22.9 Å². The molecule has 2 heterocycles. The van der Waals surface area contributed by atoms with Crippen LogP contribution < -0.4 is 5.32 Å². The molecule has 118 valence electrons. The topological polar surface area (TPSA) is 62.3 Å². The van der Waals surface area contributed by atoms with Gasteiger partial charge in [-0.25, -0.2) is 4.98 Å². The van der Waals surface area contributed by atoms with Crippen molar-refractivity contribution in [2.24, 2.45) is 5.92 Å². The molecule has 0 radical (unpaired) electrons. The molecule has 23 heavy (non-hydrogen) atoms. The number of halogens is 1. The summed E-state index contributed by atoms with van der Waals surface area (Å²) in [5.41, 5.74) is 1.67. The third-order valence-corrected chi connectivity index (χ3v) is 4.59. The molecule has 7 heteroatoms. The number of hydrogen-bond acceptors (Lipinski definition) is 4. The summed E-state index contributed by atoms with van der Waals surface area (Å²) in [6.45, 7) is 4.27. The zero-order chi connectivity index (χ0) is 16.4. The van der Waals surface area contributed by atoms with Crippen LogP contribution in [0.5, 0.6) is 0 Å². The van der Waals surface area contributed by atoms with Crippen molar-refractivity contribution >= 4 is 39.9 Å². The molecule has 1 aromatic heterocycles. The molecule has 5 nitrogen and oxygen atoms in total. The lowest BCUT2D eigenvalue weighted by atomic mass is 9.99. The standard InChI is InChI=1S/C16H14ClN3O2S/c1-2-14(21)20-7-11(8-20)15(22)19-16-18-13(9-23-16)10-4-3-5-12(17)6-10/h2-6,9,11H,1,7-8H2,(H,18,19,22). The molecule has 1 fully saturated rings. The molecule has 2 aromatic rings. The van der Waals surface area contributed by atoms with E-state index in [4.69, 9.17) is 11.6 Å². The minimum atomic E-state index is -0.197. The maximum atomic E-state index is 12.1. The van der Waals surface area contributed by atoms with E-state index in [1.54, 1.807) is 11.0 Å². The highest BCUT2D eigenvalue weighted by Gasteiger charge is 2.34. The van der Waals surface area contributed by atoms with Gasteiger partial charge >= 0.3 is 0 Å². The number of amides is 2. The Morgan fingerprint density at radius 1 is 1.43 bits per heavy atom. The van der Waals surface area contributed by atoms with Gasteiger partial charge in [0.1, 0.15) is 0 Å². The summed E-state index contributed by atoms with van der Waals surface area (Å²) in [7, 11) is 0. The fourth-order valence-corrected chi connectivity index (χ4v) is 3.19. The number of benzene rings is 1. The number of nitrogens with one attached hydrogen (secondary N) is 1. The summed E-state index contributed by atoms with van der Waals surface area (Å²) < 4.78 is 0. The summed E-state index contributed by atoms with van der Waals surface area (Å²) in [5.74, 6) is -0.464. The van der Waals surface area contributed by atoms with Crippen LogP contribution in [0.1, 0.15) is 0 Å². The molecule has 0 atom stereocenters. The molecule has 1 saturated heterocycles. The van der Waals surface area contributed by atoms with Crippen LogP contribution in [0.4, 0.5) is 5.13 Å². The van der Waals surface area contributed by atoms with Crippen molar-refractivity contribution in [2.45, 2.75) is 0 Å². The lowest BCUT2D eigenvalue weighted by molar-refractivity contribution is -0.137. The fourth-order valence-electron chi connectivity index (χ4n) is 2.27. The average molecular weight is 348 g/mol. The van der Waals surface area contributed by atoms with Crippen molar-refractivity contribution in [3.8, 4) is 11.3 Å². The van der Waals surface area contributed by atoms with Gasteiger partial charge in [-0.2, -0.15) is 0 Å². The first-order chi connectivity index (χ1) is 11.1. The largest absolute Gasteiger partial charge is 0.337 e. The molecule has 1 aliphatic rings.